The van der Waals surface area contributed by atoms with E-state index in [0.717, 1.165) is 0 Å². The molecule has 0 aliphatic carbocycles. The molecule has 0 saturated carbocycles. The average molecular weight is 200 g/mol. The maximum atomic E-state index is 10.2. The first kappa shape index (κ1) is 9.69. The summed E-state index contributed by atoms with van der Waals surface area (Å²) >= 11 is 0. The Morgan fingerprint density at radius 2 is 1.92 bits per heavy atom. The Morgan fingerprint density at radius 3 is 2.46 bits per heavy atom. The molecule has 0 aliphatic rings. The highest BCUT2D eigenvalue weighted by atomic mass is 32.2. The molecule has 6 heteroatoms. The summed E-state index contributed by atoms with van der Waals surface area (Å²) in [5.74, 6) is 0. The van der Waals surface area contributed by atoms with Crippen LogP contribution >= 0.6 is 0 Å². The van der Waals surface area contributed by atoms with Gasteiger partial charge in [-0.25, -0.2) is 0 Å². The molecule has 0 fully saturated rings. The summed E-state index contributed by atoms with van der Waals surface area (Å²) in [7, 11) is -4.15. The van der Waals surface area contributed by atoms with Crippen molar-refractivity contribution < 1.29 is 13.0 Å². The number of nitrogens with zero attached hydrogens (tertiary/aromatic N) is 1. The second kappa shape index (κ2) is 4.01. The van der Waals surface area contributed by atoms with Crippen molar-refractivity contribution in [1.82, 2.24) is 0 Å². The number of para-hydroxylation sites is 1. The number of hydrogen-bond donors (Lipinski definition) is 2. The lowest BCUT2D eigenvalue weighted by molar-refractivity contribution is 0.499. The molecule has 0 aromatic heterocycles. The van der Waals surface area contributed by atoms with E-state index in [1.54, 1.807) is 24.3 Å². The topological polar surface area (TPSA) is 78.8 Å². The van der Waals surface area contributed by atoms with Gasteiger partial charge in [-0.05, 0) is 12.1 Å². The van der Waals surface area contributed by atoms with E-state index in [0.29, 0.717) is 11.2 Å². The summed E-state index contributed by atoms with van der Waals surface area (Å²) < 4.78 is 28.7. The van der Waals surface area contributed by atoms with Gasteiger partial charge in [-0.2, -0.15) is 13.5 Å². The molecule has 1 aromatic rings. The molecule has 0 radical (unpaired) electrons. The molecule has 2 N–H and O–H groups in total. The summed E-state index contributed by atoms with van der Waals surface area (Å²) in [4.78, 5) is 0. The number of rotatable bonds is 3. The lowest BCUT2D eigenvalue weighted by Crippen LogP contribution is -1.99. The molecule has 0 bridgehead atoms. The fourth-order valence-electron chi connectivity index (χ4n) is 0.680. The van der Waals surface area contributed by atoms with Gasteiger partial charge in [-0.15, -0.1) is 0 Å². The van der Waals surface area contributed by atoms with E-state index >= 15 is 0 Å². The number of hydrogen-bond acceptors (Lipinski definition) is 4. The van der Waals surface area contributed by atoms with Gasteiger partial charge < -0.3 is 0 Å². The maximum Gasteiger partial charge on any atom is 0.306 e. The Morgan fingerprint density at radius 1 is 1.31 bits per heavy atom. The van der Waals surface area contributed by atoms with Crippen LogP contribution in [0.15, 0.2) is 35.4 Å². The molecular weight excluding hydrogens is 192 g/mol. The predicted octanol–water partition coefficient (Wildman–Crippen LogP) is 0.930. The molecule has 0 aliphatic heterocycles. The maximum absolute atomic E-state index is 10.2. The van der Waals surface area contributed by atoms with Gasteiger partial charge in [0.05, 0.1) is 5.69 Å². The van der Waals surface area contributed by atoms with E-state index in [1.165, 1.54) is 0 Å². The zero-order chi connectivity index (χ0) is 9.73. The molecular formula is C7H8N2O3S. The van der Waals surface area contributed by atoms with E-state index in [4.69, 9.17) is 4.55 Å². The highest BCUT2D eigenvalue weighted by Gasteiger charge is 1.95. The quantitative estimate of drug-likeness (QED) is 0.329. The summed E-state index contributed by atoms with van der Waals surface area (Å²) in [6.45, 7) is 0. The summed E-state index contributed by atoms with van der Waals surface area (Å²) in [5.41, 5.74) is 3.50. The average Bonchev–Trinajstić information content (AvgIpc) is 2.04. The van der Waals surface area contributed by atoms with Crippen molar-refractivity contribution in [3.8, 4) is 0 Å². The number of hydrazone groups is 1. The molecule has 1 rings (SSSR count). The smallest absolute Gasteiger partial charge is 0.281 e. The van der Waals surface area contributed by atoms with Gasteiger partial charge in [0.1, 0.15) is 0 Å². The van der Waals surface area contributed by atoms with Gasteiger partial charge in [-0.3, -0.25) is 9.98 Å². The minimum atomic E-state index is -4.15. The second-order valence-corrected chi connectivity index (χ2v) is 3.47. The Balaban J connectivity index is 2.59. The molecule has 13 heavy (non-hydrogen) atoms. The molecule has 0 amide bonds. The van der Waals surface area contributed by atoms with E-state index in [-0.39, 0.29) is 0 Å². The lowest BCUT2D eigenvalue weighted by atomic mass is 10.3. The first-order valence-electron chi connectivity index (χ1n) is 3.39. The zero-order valence-electron chi connectivity index (χ0n) is 6.58. The third-order valence-electron chi connectivity index (χ3n) is 1.15. The fraction of sp³-hybridized carbons (Fsp3) is 0. The van der Waals surface area contributed by atoms with Crippen LogP contribution in [0.2, 0.25) is 0 Å². The number of nitrogens with one attached hydrogen (secondary N) is 1. The SMILES string of the molecule is O=S(=O)(O)C=NNc1ccccc1. The highest BCUT2D eigenvalue weighted by Crippen LogP contribution is 2.03. The van der Waals surface area contributed by atoms with E-state index in [1.807, 2.05) is 6.07 Å². The highest BCUT2D eigenvalue weighted by molar-refractivity contribution is 7.99. The largest absolute Gasteiger partial charge is 0.306 e. The van der Waals surface area contributed by atoms with Gasteiger partial charge in [0.15, 0.2) is 5.55 Å². The molecule has 0 heterocycles. The minimum absolute atomic E-state index is 0.431. The molecule has 0 saturated heterocycles. The second-order valence-electron chi connectivity index (χ2n) is 2.23. The number of anilines is 1. The molecule has 5 nitrogen and oxygen atoms in total. The molecule has 0 atom stereocenters. The molecule has 0 unspecified atom stereocenters. The molecule has 0 spiro atoms. The lowest BCUT2D eigenvalue weighted by Gasteiger charge is -1.96. The Bertz CT molecular complexity index is 385. The van der Waals surface area contributed by atoms with Crippen LogP contribution < -0.4 is 5.43 Å². The Kier molecular flexibility index (Phi) is 2.99. The predicted molar refractivity (Wildman–Crippen MR) is 50.1 cm³/mol. The van der Waals surface area contributed by atoms with Crippen LogP contribution in [-0.4, -0.2) is 18.5 Å². The van der Waals surface area contributed by atoms with Crippen LogP contribution in [0.3, 0.4) is 0 Å². The third kappa shape index (κ3) is 4.24. The molecule has 1 aromatic carbocycles. The first-order chi connectivity index (χ1) is 6.08. The standard InChI is InChI=1S/C7H8N2O3S/c10-13(11,12)6-8-9-7-4-2-1-3-5-7/h1-6,9H,(H,10,11,12). The monoisotopic (exact) mass is 200 g/mol. The van der Waals surface area contributed by atoms with Crippen molar-refractivity contribution in [3.05, 3.63) is 30.3 Å². The van der Waals surface area contributed by atoms with E-state index in [9.17, 15) is 8.42 Å². The number of benzene rings is 1. The summed E-state index contributed by atoms with van der Waals surface area (Å²) in [6.07, 6.45) is 0. The first-order valence-corrected chi connectivity index (χ1v) is 4.90. The fourth-order valence-corrected chi connectivity index (χ4v) is 0.866. The van der Waals surface area contributed by atoms with Crippen LogP contribution in [-0.2, 0) is 10.1 Å². The third-order valence-corrected chi connectivity index (χ3v) is 1.53. The van der Waals surface area contributed by atoms with Crippen molar-refractivity contribution in [3.63, 3.8) is 0 Å². The summed E-state index contributed by atoms with van der Waals surface area (Å²) in [5, 5.41) is 3.30. The van der Waals surface area contributed by atoms with Crippen molar-refractivity contribution in [2.45, 2.75) is 0 Å². The van der Waals surface area contributed by atoms with Crippen molar-refractivity contribution in [2.75, 3.05) is 5.43 Å². The van der Waals surface area contributed by atoms with Crippen molar-refractivity contribution >= 4 is 21.4 Å². The minimum Gasteiger partial charge on any atom is -0.281 e. The molecule has 70 valence electrons. The van der Waals surface area contributed by atoms with E-state index in [2.05, 4.69) is 10.5 Å². The van der Waals surface area contributed by atoms with E-state index < -0.39 is 10.1 Å². The van der Waals surface area contributed by atoms with Gasteiger partial charge >= 0.3 is 10.1 Å². The van der Waals surface area contributed by atoms with Gasteiger partial charge in [0.25, 0.3) is 0 Å². The summed E-state index contributed by atoms with van der Waals surface area (Å²) in [6, 6.07) is 8.77. The Labute approximate surface area is 75.8 Å². The van der Waals surface area contributed by atoms with Crippen LogP contribution in [0, 0.1) is 0 Å². The van der Waals surface area contributed by atoms with Crippen molar-refractivity contribution in [2.24, 2.45) is 5.10 Å². The van der Waals surface area contributed by atoms with Crippen molar-refractivity contribution in [1.29, 1.82) is 0 Å². The van der Waals surface area contributed by atoms with Gasteiger partial charge in [-0.1, -0.05) is 18.2 Å². The van der Waals surface area contributed by atoms with Gasteiger partial charge in [0.2, 0.25) is 0 Å². The van der Waals surface area contributed by atoms with Crippen LogP contribution in [0.5, 0.6) is 0 Å². The Hall–Kier alpha value is -1.40. The normalized spacial score (nSPS) is 11.8. The zero-order valence-corrected chi connectivity index (χ0v) is 7.40. The van der Waals surface area contributed by atoms with Gasteiger partial charge in [0, 0.05) is 0 Å². The van der Waals surface area contributed by atoms with Crippen LogP contribution in [0.4, 0.5) is 5.69 Å². The van der Waals surface area contributed by atoms with Crippen LogP contribution in [0.25, 0.3) is 0 Å². The van der Waals surface area contributed by atoms with Crippen LogP contribution in [0.1, 0.15) is 0 Å².